The van der Waals surface area contributed by atoms with Crippen molar-refractivity contribution in [1.82, 2.24) is 20.1 Å². The Morgan fingerprint density at radius 3 is 2.79 bits per heavy atom. The summed E-state index contributed by atoms with van der Waals surface area (Å²) in [5, 5.41) is 7.98. The third kappa shape index (κ3) is 2.69. The lowest BCUT2D eigenvalue weighted by Gasteiger charge is -2.32. The fourth-order valence-electron chi connectivity index (χ4n) is 3.80. The Morgan fingerprint density at radius 2 is 2.16 bits per heavy atom. The van der Waals surface area contributed by atoms with E-state index in [4.69, 9.17) is 0 Å². The summed E-state index contributed by atoms with van der Waals surface area (Å²) in [6.45, 7) is 8.67. The number of nitrogens with one attached hydrogen (secondary N) is 1. The highest BCUT2D eigenvalue weighted by Gasteiger charge is 2.53. The Balaban J connectivity index is 1.72. The van der Waals surface area contributed by atoms with Gasteiger partial charge in [-0.05, 0) is 43.4 Å². The van der Waals surface area contributed by atoms with Crippen molar-refractivity contribution < 1.29 is 0 Å². The Morgan fingerprint density at radius 1 is 1.42 bits per heavy atom. The monoisotopic (exact) mass is 262 g/mol. The fraction of sp³-hybridized carbons (Fsp3) is 0.867. The summed E-state index contributed by atoms with van der Waals surface area (Å²) in [6, 6.07) is 0.567. The molecule has 3 rings (SSSR count). The minimum absolute atomic E-state index is 0.428. The normalized spacial score (nSPS) is 32.8. The number of fused-ring (bicyclic) bond motifs is 1. The molecule has 1 N–H and O–H groups in total. The van der Waals surface area contributed by atoms with Crippen LogP contribution in [0.4, 0.5) is 0 Å². The van der Waals surface area contributed by atoms with Gasteiger partial charge >= 0.3 is 0 Å². The molecule has 0 saturated heterocycles. The number of rotatable bonds is 6. The summed E-state index contributed by atoms with van der Waals surface area (Å²) in [5.41, 5.74) is 0.428. The summed E-state index contributed by atoms with van der Waals surface area (Å²) in [6.07, 6.45) is 7.04. The first-order valence-electron chi connectivity index (χ1n) is 7.72. The van der Waals surface area contributed by atoms with Gasteiger partial charge in [-0.25, -0.2) is 4.98 Å². The first kappa shape index (κ1) is 13.1. The molecule has 1 aromatic heterocycles. The zero-order valence-corrected chi connectivity index (χ0v) is 12.4. The second kappa shape index (κ2) is 4.89. The molecule has 2 saturated carbocycles. The van der Waals surface area contributed by atoms with Crippen molar-refractivity contribution >= 4 is 0 Å². The van der Waals surface area contributed by atoms with Crippen molar-refractivity contribution in [3.05, 3.63) is 12.2 Å². The standard InChI is InChI=1S/C15H26N4/c1-4-19-14(17-10-18-19)8-15(9-16-11(2)3)6-12-5-13(12)7-15/h10-13,16H,4-9H2,1-3H3. The molecule has 0 radical (unpaired) electrons. The van der Waals surface area contributed by atoms with Crippen LogP contribution in [0, 0.1) is 17.3 Å². The molecular weight excluding hydrogens is 236 g/mol. The smallest absolute Gasteiger partial charge is 0.138 e. The zero-order valence-electron chi connectivity index (χ0n) is 12.4. The average Bonchev–Trinajstić information content (AvgIpc) is 2.82. The van der Waals surface area contributed by atoms with Gasteiger partial charge in [0.2, 0.25) is 0 Å². The second-order valence-corrected chi connectivity index (χ2v) is 6.87. The van der Waals surface area contributed by atoms with Crippen molar-refractivity contribution in [2.75, 3.05) is 6.54 Å². The van der Waals surface area contributed by atoms with Crippen LogP contribution >= 0.6 is 0 Å². The van der Waals surface area contributed by atoms with Crippen molar-refractivity contribution in [1.29, 1.82) is 0 Å². The summed E-state index contributed by atoms with van der Waals surface area (Å²) in [4.78, 5) is 4.49. The van der Waals surface area contributed by atoms with Crippen LogP contribution in [-0.4, -0.2) is 27.4 Å². The van der Waals surface area contributed by atoms with E-state index in [-0.39, 0.29) is 0 Å². The highest BCUT2D eigenvalue weighted by atomic mass is 15.3. The topological polar surface area (TPSA) is 42.7 Å². The van der Waals surface area contributed by atoms with E-state index in [9.17, 15) is 0 Å². The molecule has 4 nitrogen and oxygen atoms in total. The SMILES string of the molecule is CCn1ncnc1CC1(CNC(C)C)CC2CC2C1. The van der Waals surface area contributed by atoms with Gasteiger partial charge in [0, 0.05) is 25.6 Å². The van der Waals surface area contributed by atoms with E-state index in [1.807, 2.05) is 0 Å². The molecule has 2 aliphatic carbocycles. The van der Waals surface area contributed by atoms with Crippen LogP contribution in [0.2, 0.25) is 0 Å². The van der Waals surface area contributed by atoms with E-state index >= 15 is 0 Å². The number of aromatic nitrogens is 3. The molecule has 0 amide bonds. The summed E-state index contributed by atoms with van der Waals surface area (Å²) >= 11 is 0. The largest absolute Gasteiger partial charge is 0.314 e. The molecule has 0 bridgehead atoms. The Labute approximate surface area is 116 Å². The van der Waals surface area contributed by atoms with Crippen LogP contribution < -0.4 is 5.32 Å². The van der Waals surface area contributed by atoms with Crippen LogP contribution in [0.5, 0.6) is 0 Å². The Hall–Kier alpha value is -0.900. The highest BCUT2D eigenvalue weighted by molar-refractivity contribution is 5.08. The molecule has 0 aromatic carbocycles. The predicted octanol–water partition coefficient (Wildman–Crippen LogP) is 2.25. The van der Waals surface area contributed by atoms with Crippen LogP contribution in [0.3, 0.4) is 0 Å². The number of hydrogen-bond donors (Lipinski definition) is 1. The van der Waals surface area contributed by atoms with Crippen molar-refractivity contribution in [3.8, 4) is 0 Å². The zero-order chi connectivity index (χ0) is 13.5. The Kier molecular flexibility index (Phi) is 3.37. The molecule has 19 heavy (non-hydrogen) atoms. The highest BCUT2D eigenvalue weighted by Crippen LogP contribution is 2.60. The van der Waals surface area contributed by atoms with E-state index < -0.39 is 0 Å². The van der Waals surface area contributed by atoms with Crippen LogP contribution in [-0.2, 0) is 13.0 Å². The lowest BCUT2D eigenvalue weighted by Crippen LogP contribution is -2.39. The van der Waals surface area contributed by atoms with Gasteiger partial charge in [0.1, 0.15) is 12.2 Å². The van der Waals surface area contributed by atoms with Gasteiger partial charge in [-0.15, -0.1) is 0 Å². The van der Waals surface area contributed by atoms with Crippen molar-refractivity contribution in [2.24, 2.45) is 17.3 Å². The Bertz CT molecular complexity index is 427. The summed E-state index contributed by atoms with van der Waals surface area (Å²) in [5.74, 6) is 3.19. The molecule has 2 atom stereocenters. The summed E-state index contributed by atoms with van der Waals surface area (Å²) in [7, 11) is 0. The maximum absolute atomic E-state index is 4.49. The van der Waals surface area contributed by atoms with Crippen molar-refractivity contribution in [3.63, 3.8) is 0 Å². The van der Waals surface area contributed by atoms with E-state index in [0.29, 0.717) is 11.5 Å². The minimum atomic E-state index is 0.428. The molecule has 1 aromatic rings. The molecule has 2 fully saturated rings. The predicted molar refractivity (Wildman–Crippen MR) is 75.8 cm³/mol. The van der Waals surface area contributed by atoms with E-state index in [0.717, 1.165) is 31.3 Å². The van der Waals surface area contributed by atoms with Gasteiger partial charge < -0.3 is 5.32 Å². The maximum atomic E-state index is 4.49. The van der Waals surface area contributed by atoms with Crippen LogP contribution in [0.1, 0.15) is 45.9 Å². The molecule has 2 aliphatic rings. The minimum Gasteiger partial charge on any atom is -0.314 e. The van der Waals surface area contributed by atoms with Gasteiger partial charge in [-0.1, -0.05) is 13.8 Å². The molecule has 0 spiro atoms. The van der Waals surface area contributed by atoms with Crippen molar-refractivity contribution in [2.45, 2.75) is 59.0 Å². The molecule has 1 heterocycles. The molecule has 2 unspecified atom stereocenters. The number of nitrogens with zero attached hydrogens (tertiary/aromatic N) is 3. The summed E-state index contributed by atoms with van der Waals surface area (Å²) < 4.78 is 2.06. The fourth-order valence-corrected chi connectivity index (χ4v) is 3.80. The van der Waals surface area contributed by atoms with Crippen LogP contribution in [0.25, 0.3) is 0 Å². The lowest BCUT2D eigenvalue weighted by molar-refractivity contribution is 0.233. The molecule has 106 valence electrons. The number of hydrogen-bond acceptors (Lipinski definition) is 3. The average molecular weight is 262 g/mol. The van der Waals surface area contributed by atoms with E-state index in [1.165, 1.54) is 25.1 Å². The van der Waals surface area contributed by atoms with Crippen LogP contribution in [0.15, 0.2) is 6.33 Å². The van der Waals surface area contributed by atoms with Gasteiger partial charge in [-0.3, -0.25) is 4.68 Å². The maximum Gasteiger partial charge on any atom is 0.138 e. The first-order valence-corrected chi connectivity index (χ1v) is 7.72. The van der Waals surface area contributed by atoms with Gasteiger partial charge in [0.25, 0.3) is 0 Å². The van der Waals surface area contributed by atoms with Gasteiger partial charge in [-0.2, -0.15) is 5.10 Å². The third-order valence-electron chi connectivity index (χ3n) is 4.87. The quantitative estimate of drug-likeness (QED) is 0.855. The molecular formula is C15H26N4. The lowest BCUT2D eigenvalue weighted by atomic mass is 9.79. The molecule has 4 heteroatoms. The second-order valence-electron chi connectivity index (χ2n) is 6.87. The van der Waals surface area contributed by atoms with E-state index in [1.54, 1.807) is 6.33 Å². The first-order chi connectivity index (χ1) is 9.12. The molecule has 0 aliphatic heterocycles. The number of aryl methyl sites for hydroxylation is 1. The van der Waals surface area contributed by atoms with Gasteiger partial charge in [0.15, 0.2) is 0 Å². The van der Waals surface area contributed by atoms with E-state index in [2.05, 4.69) is 40.9 Å². The third-order valence-corrected chi connectivity index (χ3v) is 4.87. The van der Waals surface area contributed by atoms with Gasteiger partial charge in [0.05, 0.1) is 0 Å².